The lowest BCUT2D eigenvalue weighted by Crippen LogP contribution is -2.60. The van der Waals surface area contributed by atoms with Gasteiger partial charge in [0, 0.05) is 39.4 Å². The highest BCUT2D eigenvalue weighted by Crippen LogP contribution is 2.16. The molecule has 1 saturated heterocycles. The van der Waals surface area contributed by atoms with Crippen molar-refractivity contribution in [3.8, 4) is 0 Å². The number of rotatable bonds is 4. The van der Waals surface area contributed by atoms with Crippen LogP contribution in [0.15, 0.2) is 54.7 Å². The summed E-state index contributed by atoms with van der Waals surface area (Å²) in [6.07, 6.45) is 1.59. The van der Waals surface area contributed by atoms with Crippen LogP contribution < -0.4 is 5.32 Å². The molecule has 130 valence electrons. The largest absolute Gasteiger partial charge is 0.357 e. The van der Waals surface area contributed by atoms with Gasteiger partial charge in [-0.1, -0.05) is 36.4 Å². The molecule has 6 heteroatoms. The van der Waals surface area contributed by atoms with E-state index >= 15 is 0 Å². The summed E-state index contributed by atoms with van der Waals surface area (Å²) in [6, 6.07) is 14.8. The summed E-state index contributed by atoms with van der Waals surface area (Å²) < 4.78 is 0. The molecule has 0 bridgehead atoms. The van der Waals surface area contributed by atoms with Gasteiger partial charge in [0.1, 0.15) is 11.7 Å². The highest BCUT2D eigenvalue weighted by Gasteiger charge is 2.35. The number of carbonyl (C=O) groups excluding carboxylic acids is 2. The number of carbonyl (C=O) groups is 2. The van der Waals surface area contributed by atoms with E-state index < -0.39 is 6.04 Å². The first-order valence-corrected chi connectivity index (χ1v) is 8.39. The highest BCUT2D eigenvalue weighted by molar-refractivity contribution is 5.96. The molecular formula is C19H22N4O2. The Kier molecular flexibility index (Phi) is 5.40. The third-order valence-corrected chi connectivity index (χ3v) is 4.41. The molecule has 0 saturated carbocycles. The average molecular weight is 338 g/mol. The Labute approximate surface area is 147 Å². The summed E-state index contributed by atoms with van der Waals surface area (Å²) in [4.78, 5) is 33.1. The van der Waals surface area contributed by atoms with Gasteiger partial charge in [0.2, 0.25) is 5.91 Å². The van der Waals surface area contributed by atoms with Crippen molar-refractivity contribution in [1.82, 2.24) is 20.1 Å². The number of likely N-dealkylation sites (N-methyl/N-ethyl adjacent to an activating group) is 1. The number of hydrogen-bond acceptors (Lipinski definition) is 4. The van der Waals surface area contributed by atoms with Gasteiger partial charge in [-0.15, -0.1) is 0 Å². The smallest absolute Gasteiger partial charge is 0.273 e. The summed E-state index contributed by atoms with van der Waals surface area (Å²) in [7, 11) is 1.60. The molecule has 1 aliphatic heterocycles. The quantitative estimate of drug-likeness (QED) is 0.908. The predicted molar refractivity (Wildman–Crippen MR) is 94.8 cm³/mol. The molecule has 1 fully saturated rings. The summed E-state index contributed by atoms with van der Waals surface area (Å²) in [6.45, 7) is 2.49. The first-order valence-electron chi connectivity index (χ1n) is 8.39. The zero-order chi connectivity index (χ0) is 17.6. The maximum Gasteiger partial charge on any atom is 0.273 e. The minimum atomic E-state index is -0.517. The molecule has 2 amide bonds. The van der Waals surface area contributed by atoms with Crippen molar-refractivity contribution < 1.29 is 9.59 Å². The minimum Gasteiger partial charge on any atom is -0.357 e. The molecule has 6 nitrogen and oxygen atoms in total. The Morgan fingerprint density at radius 2 is 1.88 bits per heavy atom. The Hall–Kier alpha value is -2.73. The van der Waals surface area contributed by atoms with Gasteiger partial charge in [-0.25, -0.2) is 0 Å². The Morgan fingerprint density at radius 3 is 2.56 bits per heavy atom. The number of piperazine rings is 1. The van der Waals surface area contributed by atoms with Gasteiger partial charge in [0.25, 0.3) is 5.91 Å². The van der Waals surface area contributed by atoms with Crippen LogP contribution in [-0.4, -0.2) is 59.3 Å². The Morgan fingerprint density at radius 1 is 1.12 bits per heavy atom. The van der Waals surface area contributed by atoms with Crippen molar-refractivity contribution in [3.63, 3.8) is 0 Å². The van der Waals surface area contributed by atoms with Crippen LogP contribution in [0.25, 0.3) is 0 Å². The SMILES string of the molecule is CNC(=O)[C@H]1CN(Cc2ccccc2)CCN1C(=O)c1ccccn1. The summed E-state index contributed by atoms with van der Waals surface area (Å²) >= 11 is 0. The Balaban J connectivity index is 1.75. The van der Waals surface area contributed by atoms with Crippen molar-refractivity contribution >= 4 is 11.8 Å². The molecule has 1 atom stereocenters. The molecule has 1 aromatic carbocycles. The molecule has 0 aliphatic carbocycles. The molecule has 2 heterocycles. The molecule has 2 aromatic rings. The first kappa shape index (κ1) is 17.1. The van der Waals surface area contributed by atoms with E-state index in [0.29, 0.717) is 18.8 Å². The molecule has 1 N–H and O–H groups in total. The van der Waals surface area contributed by atoms with Gasteiger partial charge in [-0.2, -0.15) is 0 Å². The second kappa shape index (κ2) is 7.90. The molecule has 25 heavy (non-hydrogen) atoms. The third-order valence-electron chi connectivity index (χ3n) is 4.41. The molecule has 0 unspecified atom stereocenters. The third kappa shape index (κ3) is 4.03. The van der Waals surface area contributed by atoms with Gasteiger partial charge >= 0.3 is 0 Å². The van der Waals surface area contributed by atoms with Crippen molar-refractivity contribution in [3.05, 3.63) is 66.0 Å². The van der Waals surface area contributed by atoms with E-state index in [2.05, 4.69) is 27.3 Å². The van der Waals surface area contributed by atoms with Crippen LogP contribution in [0.4, 0.5) is 0 Å². The van der Waals surface area contributed by atoms with E-state index in [1.54, 1.807) is 36.3 Å². The van der Waals surface area contributed by atoms with E-state index in [4.69, 9.17) is 0 Å². The van der Waals surface area contributed by atoms with Crippen LogP contribution in [0.2, 0.25) is 0 Å². The topological polar surface area (TPSA) is 65.5 Å². The Bertz CT molecular complexity index is 721. The van der Waals surface area contributed by atoms with Crippen molar-refractivity contribution in [2.75, 3.05) is 26.7 Å². The fourth-order valence-corrected chi connectivity index (χ4v) is 3.10. The lowest BCUT2D eigenvalue weighted by Gasteiger charge is -2.40. The minimum absolute atomic E-state index is 0.151. The standard InChI is InChI=1S/C19H22N4O2/c1-20-18(24)17-14-22(13-15-7-3-2-4-8-15)11-12-23(17)19(25)16-9-5-6-10-21-16/h2-10,17H,11-14H2,1H3,(H,20,24)/t17-/m1/s1. The maximum absolute atomic E-state index is 12.8. The van der Waals surface area contributed by atoms with E-state index in [0.717, 1.165) is 13.1 Å². The molecule has 0 spiro atoms. The van der Waals surface area contributed by atoms with Gasteiger partial charge in [-0.3, -0.25) is 19.5 Å². The number of benzene rings is 1. The van der Waals surface area contributed by atoms with Crippen LogP contribution in [0.3, 0.4) is 0 Å². The van der Waals surface area contributed by atoms with Crippen molar-refractivity contribution in [1.29, 1.82) is 0 Å². The summed E-state index contributed by atoms with van der Waals surface area (Å²) in [5, 5.41) is 2.68. The predicted octanol–water partition coefficient (Wildman–Crippen LogP) is 1.15. The van der Waals surface area contributed by atoms with Gasteiger partial charge in [-0.05, 0) is 17.7 Å². The van der Waals surface area contributed by atoms with Gasteiger partial charge in [0.05, 0.1) is 0 Å². The highest BCUT2D eigenvalue weighted by atomic mass is 16.2. The average Bonchev–Trinajstić information content (AvgIpc) is 2.68. The van der Waals surface area contributed by atoms with Crippen molar-refractivity contribution in [2.24, 2.45) is 0 Å². The number of aromatic nitrogens is 1. The fraction of sp³-hybridized carbons (Fsp3) is 0.316. The van der Waals surface area contributed by atoms with Crippen LogP contribution in [0.1, 0.15) is 16.1 Å². The van der Waals surface area contributed by atoms with Crippen LogP contribution in [-0.2, 0) is 11.3 Å². The molecule has 1 aliphatic rings. The second-order valence-electron chi connectivity index (χ2n) is 6.06. The summed E-state index contributed by atoms with van der Waals surface area (Å²) in [5.41, 5.74) is 1.57. The van der Waals surface area contributed by atoms with E-state index in [-0.39, 0.29) is 11.8 Å². The monoisotopic (exact) mass is 338 g/mol. The lowest BCUT2D eigenvalue weighted by atomic mass is 10.1. The number of pyridine rings is 1. The number of hydrogen-bond donors (Lipinski definition) is 1. The molecule has 3 rings (SSSR count). The number of nitrogens with zero attached hydrogens (tertiary/aromatic N) is 3. The van der Waals surface area contributed by atoms with E-state index in [9.17, 15) is 9.59 Å². The van der Waals surface area contributed by atoms with E-state index in [1.807, 2.05) is 18.2 Å². The van der Waals surface area contributed by atoms with Crippen LogP contribution in [0.5, 0.6) is 0 Å². The van der Waals surface area contributed by atoms with E-state index in [1.165, 1.54) is 5.56 Å². The molecule has 0 radical (unpaired) electrons. The normalized spacial score (nSPS) is 18.0. The number of amides is 2. The van der Waals surface area contributed by atoms with Crippen molar-refractivity contribution in [2.45, 2.75) is 12.6 Å². The number of nitrogens with one attached hydrogen (secondary N) is 1. The van der Waals surface area contributed by atoms with Crippen LogP contribution in [0, 0.1) is 0 Å². The van der Waals surface area contributed by atoms with Crippen LogP contribution >= 0.6 is 0 Å². The maximum atomic E-state index is 12.8. The fourth-order valence-electron chi connectivity index (χ4n) is 3.10. The summed E-state index contributed by atoms with van der Waals surface area (Å²) in [5.74, 6) is -0.351. The zero-order valence-corrected chi connectivity index (χ0v) is 14.3. The van der Waals surface area contributed by atoms with Gasteiger partial charge < -0.3 is 10.2 Å². The molecular weight excluding hydrogens is 316 g/mol. The first-order chi connectivity index (χ1) is 12.2. The zero-order valence-electron chi connectivity index (χ0n) is 14.3. The molecule has 1 aromatic heterocycles. The van der Waals surface area contributed by atoms with Gasteiger partial charge in [0.15, 0.2) is 0 Å². The second-order valence-corrected chi connectivity index (χ2v) is 6.06. The lowest BCUT2D eigenvalue weighted by molar-refractivity contribution is -0.127.